The number of nitrogens with two attached hydrogens (primary N) is 1. The SMILES string of the molecule is CC(C)CN1CCC(N)C(C)(C)C1. The standard InChI is InChI=1S/C11H24N2/c1-9(2)7-13-6-5-10(12)11(3,4)8-13/h9-10H,5-8,12H2,1-4H3. The zero-order valence-corrected chi connectivity index (χ0v) is 9.51. The van der Waals surface area contributed by atoms with E-state index in [0.29, 0.717) is 11.5 Å². The molecule has 2 heteroatoms. The average Bonchev–Trinajstić information content (AvgIpc) is 1.95. The first-order chi connectivity index (χ1) is 5.92. The second kappa shape index (κ2) is 3.97. The molecule has 0 bridgehead atoms. The predicted molar refractivity (Wildman–Crippen MR) is 57.7 cm³/mol. The van der Waals surface area contributed by atoms with Crippen LogP contribution >= 0.6 is 0 Å². The van der Waals surface area contributed by atoms with E-state index >= 15 is 0 Å². The molecular weight excluding hydrogens is 160 g/mol. The largest absolute Gasteiger partial charge is 0.327 e. The Morgan fingerprint density at radius 1 is 1.46 bits per heavy atom. The molecule has 78 valence electrons. The minimum absolute atomic E-state index is 0.299. The third kappa shape index (κ3) is 2.96. The van der Waals surface area contributed by atoms with E-state index in [1.165, 1.54) is 13.1 Å². The summed E-state index contributed by atoms with van der Waals surface area (Å²) in [5.41, 5.74) is 6.38. The van der Waals surface area contributed by atoms with E-state index in [9.17, 15) is 0 Å². The lowest BCUT2D eigenvalue weighted by molar-refractivity contribution is 0.0863. The monoisotopic (exact) mass is 184 g/mol. The van der Waals surface area contributed by atoms with Crippen molar-refractivity contribution in [3.05, 3.63) is 0 Å². The molecule has 2 nitrogen and oxygen atoms in total. The number of likely N-dealkylation sites (tertiary alicyclic amines) is 1. The fourth-order valence-electron chi connectivity index (χ4n) is 2.16. The van der Waals surface area contributed by atoms with Crippen molar-refractivity contribution < 1.29 is 0 Å². The van der Waals surface area contributed by atoms with Gasteiger partial charge in [-0.3, -0.25) is 0 Å². The molecule has 1 aliphatic heterocycles. The second-order valence-corrected chi connectivity index (χ2v) is 5.51. The first-order valence-electron chi connectivity index (χ1n) is 5.40. The van der Waals surface area contributed by atoms with E-state index in [1.54, 1.807) is 0 Å². The summed E-state index contributed by atoms with van der Waals surface area (Å²) in [5.74, 6) is 0.769. The van der Waals surface area contributed by atoms with Gasteiger partial charge in [-0.2, -0.15) is 0 Å². The van der Waals surface area contributed by atoms with E-state index < -0.39 is 0 Å². The van der Waals surface area contributed by atoms with Crippen molar-refractivity contribution in [2.75, 3.05) is 19.6 Å². The molecule has 1 aliphatic rings. The van der Waals surface area contributed by atoms with Gasteiger partial charge in [-0.15, -0.1) is 0 Å². The lowest BCUT2D eigenvalue weighted by Crippen LogP contribution is -2.53. The maximum Gasteiger partial charge on any atom is 0.0115 e. The van der Waals surface area contributed by atoms with Gasteiger partial charge in [-0.25, -0.2) is 0 Å². The van der Waals surface area contributed by atoms with Crippen molar-refractivity contribution in [1.82, 2.24) is 4.90 Å². The molecule has 1 unspecified atom stereocenters. The Morgan fingerprint density at radius 2 is 2.08 bits per heavy atom. The van der Waals surface area contributed by atoms with Gasteiger partial charge >= 0.3 is 0 Å². The van der Waals surface area contributed by atoms with Crippen LogP contribution in [0.5, 0.6) is 0 Å². The number of rotatable bonds is 2. The minimum Gasteiger partial charge on any atom is -0.327 e. The molecule has 1 heterocycles. The topological polar surface area (TPSA) is 29.3 Å². The van der Waals surface area contributed by atoms with Crippen LogP contribution in [0, 0.1) is 11.3 Å². The van der Waals surface area contributed by atoms with Crippen molar-refractivity contribution >= 4 is 0 Å². The maximum atomic E-state index is 6.08. The molecule has 0 radical (unpaired) electrons. The van der Waals surface area contributed by atoms with Gasteiger partial charge in [0.1, 0.15) is 0 Å². The molecule has 1 saturated heterocycles. The van der Waals surface area contributed by atoms with E-state index in [-0.39, 0.29) is 0 Å². The maximum absolute atomic E-state index is 6.08. The summed E-state index contributed by atoms with van der Waals surface area (Å²) >= 11 is 0. The third-order valence-corrected chi connectivity index (χ3v) is 3.01. The van der Waals surface area contributed by atoms with Gasteiger partial charge in [0.15, 0.2) is 0 Å². The highest BCUT2D eigenvalue weighted by Crippen LogP contribution is 2.27. The summed E-state index contributed by atoms with van der Waals surface area (Å²) in [4.78, 5) is 2.55. The Bertz CT molecular complexity index is 163. The number of hydrogen-bond donors (Lipinski definition) is 1. The lowest BCUT2D eigenvalue weighted by Gasteiger charge is -2.43. The Morgan fingerprint density at radius 3 is 2.54 bits per heavy atom. The van der Waals surface area contributed by atoms with Gasteiger partial charge in [-0.1, -0.05) is 27.7 Å². The van der Waals surface area contributed by atoms with Crippen molar-refractivity contribution in [1.29, 1.82) is 0 Å². The molecule has 0 saturated carbocycles. The van der Waals surface area contributed by atoms with Gasteiger partial charge in [0.2, 0.25) is 0 Å². The molecular formula is C11H24N2. The summed E-state index contributed by atoms with van der Waals surface area (Å²) in [6.07, 6.45) is 1.15. The van der Waals surface area contributed by atoms with Crippen molar-refractivity contribution in [2.24, 2.45) is 17.1 Å². The highest BCUT2D eigenvalue weighted by Gasteiger charge is 2.33. The summed E-state index contributed by atoms with van der Waals surface area (Å²) in [6.45, 7) is 12.7. The lowest BCUT2D eigenvalue weighted by atomic mass is 9.79. The fourth-order valence-corrected chi connectivity index (χ4v) is 2.16. The van der Waals surface area contributed by atoms with Gasteiger partial charge < -0.3 is 10.6 Å². The van der Waals surface area contributed by atoms with E-state index in [0.717, 1.165) is 18.9 Å². The quantitative estimate of drug-likeness (QED) is 0.708. The number of nitrogens with zero attached hydrogens (tertiary/aromatic N) is 1. The Labute approximate surface area is 82.5 Å². The zero-order valence-electron chi connectivity index (χ0n) is 9.51. The molecule has 0 aliphatic carbocycles. The Kier molecular flexibility index (Phi) is 3.36. The molecule has 0 spiro atoms. The van der Waals surface area contributed by atoms with Crippen molar-refractivity contribution in [2.45, 2.75) is 40.2 Å². The molecule has 1 atom stereocenters. The molecule has 1 rings (SSSR count). The minimum atomic E-state index is 0.299. The summed E-state index contributed by atoms with van der Waals surface area (Å²) in [7, 11) is 0. The predicted octanol–water partition coefficient (Wildman–Crippen LogP) is 1.70. The molecule has 0 aromatic carbocycles. The van der Waals surface area contributed by atoms with Crippen LogP contribution in [0.15, 0.2) is 0 Å². The van der Waals surface area contributed by atoms with Gasteiger partial charge in [0.05, 0.1) is 0 Å². The molecule has 0 aromatic heterocycles. The summed E-state index contributed by atoms with van der Waals surface area (Å²) < 4.78 is 0. The molecule has 0 aromatic rings. The average molecular weight is 184 g/mol. The Hall–Kier alpha value is -0.0800. The van der Waals surface area contributed by atoms with Crippen LogP contribution in [0.4, 0.5) is 0 Å². The van der Waals surface area contributed by atoms with Gasteiger partial charge in [0, 0.05) is 19.1 Å². The summed E-state index contributed by atoms with van der Waals surface area (Å²) in [6, 6.07) is 0.385. The van der Waals surface area contributed by atoms with Crippen molar-refractivity contribution in [3.63, 3.8) is 0 Å². The van der Waals surface area contributed by atoms with Crippen LogP contribution in [0.1, 0.15) is 34.1 Å². The second-order valence-electron chi connectivity index (χ2n) is 5.51. The zero-order chi connectivity index (χ0) is 10.1. The van der Waals surface area contributed by atoms with E-state index in [1.807, 2.05) is 0 Å². The van der Waals surface area contributed by atoms with Gasteiger partial charge in [0.25, 0.3) is 0 Å². The molecule has 0 amide bonds. The highest BCUT2D eigenvalue weighted by molar-refractivity contribution is 4.89. The van der Waals surface area contributed by atoms with Crippen LogP contribution in [0.3, 0.4) is 0 Å². The fraction of sp³-hybridized carbons (Fsp3) is 1.00. The highest BCUT2D eigenvalue weighted by atomic mass is 15.1. The molecule has 2 N–H and O–H groups in total. The summed E-state index contributed by atoms with van der Waals surface area (Å²) in [5, 5.41) is 0. The smallest absolute Gasteiger partial charge is 0.0115 e. The third-order valence-electron chi connectivity index (χ3n) is 3.01. The molecule has 1 fully saturated rings. The van der Waals surface area contributed by atoms with Crippen LogP contribution in [-0.4, -0.2) is 30.6 Å². The van der Waals surface area contributed by atoms with Crippen LogP contribution in [0.25, 0.3) is 0 Å². The van der Waals surface area contributed by atoms with Crippen LogP contribution in [-0.2, 0) is 0 Å². The van der Waals surface area contributed by atoms with Crippen LogP contribution < -0.4 is 5.73 Å². The Balaban J connectivity index is 2.46. The number of hydrogen-bond acceptors (Lipinski definition) is 2. The van der Waals surface area contributed by atoms with E-state index in [2.05, 4.69) is 32.6 Å². The number of piperidine rings is 1. The van der Waals surface area contributed by atoms with E-state index in [4.69, 9.17) is 5.73 Å². The normalized spacial score (nSPS) is 29.5. The van der Waals surface area contributed by atoms with Crippen molar-refractivity contribution in [3.8, 4) is 0 Å². The van der Waals surface area contributed by atoms with Crippen LogP contribution in [0.2, 0.25) is 0 Å². The first kappa shape index (κ1) is 11.0. The van der Waals surface area contributed by atoms with Gasteiger partial charge in [-0.05, 0) is 24.3 Å². The first-order valence-corrected chi connectivity index (χ1v) is 5.40. The molecule has 13 heavy (non-hydrogen) atoms.